The SMILES string of the molecule is CCC(C)N1C(=O)c2cnc(-c3ccccc3)nc2N(C(=O)CCl)c2ccccc21. The Morgan fingerprint density at radius 1 is 1.07 bits per heavy atom. The highest BCUT2D eigenvalue weighted by molar-refractivity contribution is 6.31. The van der Waals surface area contributed by atoms with Gasteiger partial charge in [0, 0.05) is 17.8 Å². The molecule has 0 bridgehead atoms. The molecule has 0 saturated carbocycles. The van der Waals surface area contributed by atoms with Gasteiger partial charge in [0.05, 0.1) is 11.4 Å². The van der Waals surface area contributed by atoms with Crippen molar-refractivity contribution in [2.45, 2.75) is 26.3 Å². The molecule has 152 valence electrons. The van der Waals surface area contributed by atoms with Gasteiger partial charge in [-0.1, -0.05) is 49.4 Å². The molecule has 1 aromatic heterocycles. The number of para-hydroxylation sites is 2. The lowest BCUT2D eigenvalue weighted by atomic mass is 10.1. The van der Waals surface area contributed by atoms with E-state index in [2.05, 4.69) is 9.97 Å². The van der Waals surface area contributed by atoms with Gasteiger partial charge < -0.3 is 4.90 Å². The summed E-state index contributed by atoms with van der Waals surface area (Å²) in [5.74, 6) is -0.157. The number of rotatable bonds is 4. The van der Waals surface area contributed by atoms with Crippen LogP contribution in [-0.2, 0) is 4.79 Å². The normalized spacial score (nSPS) is 14.0. The van der Waals surface area contributed by atoms with Gasteiger partial charge in [0.2, 0.25) is 5.91 Å². The van der Waals surface area contributed by atoms with Gasteiger partial charge in [-0.15, -0.1) is 11.6 Å². The van der Waals surface area contributed by atoms with Crippen LogP contribution >= 0.6 is 11.6 Å². The largest absolute Gasteiger partial charge is 0.303 e. The topological polar surface area (TPSA) is 66.4 Å². The molecule has 0 fully saturated rings. The van der Waals surface area contributed by atoms with E-state index in [-0.39, 0.29) is 35.1 Å². The van der Waals surface area contributed by atoms with Crippen molar-refractivity contribution in [2.24, 2.45) is 0 Å². The summed E-state index contributed by atoms with van der Waals surface area (Å²) >= 11 is 5.96. The summed E-state index contributed by atoms with van der Waals surface area (Å²) in [7, 11) is 0. The summed E-state index contributed by atoms with van der Waals surface area (Å²) in [5, 5.41) is 0. The average molecular weight is 421 g/mol. The van der Waals surface area contributed by atoms with Crippen LogP contribution in [0.2, 0.25) is 0 Å². The van der Waals surface area contributed by atoms with Crippen LogP contribution < -0.4 is 9.80 Å². The number of benzene rings is 2. The van der Waals surface area contributed by atoms with Crippen LogP contribution in [0.1, 0.15) is 30.6 Å². The van der Waals surface area contributed by atoms with Gasteiger partial charge in [-0.05, 0) is 25.5 Å². The first-order chi connectivity index (χ1) is 14.6. The highest BCUT2D eigenvalue weighted by Crippen LogP contribution is 2.41. The predicted molar refractivity (Wildman–Crippen MR) is 118 cm³/mol. The zero-order chi connectivity index (χ0) is 21.3. The monoisotopic (exact) mass is 420 g/mol. The van der Waals surface area contributed by atoms with Crippen LogP contribution in [0.15, 0.2) is 60.8 Å². The van der Waals surface area contributed by atoms with Gasteiger partial charge in [-0.2, -0.15) is 0 Å². The fourth-order valence-corrected chi connectivity index (χ4v) is 3.68. The number of hydrogen-bond donors (Lipinski definition) is 0. The molecular formula is C23H21ClN4O2. The van der Waals surface area contributed by atoms with Crippen molar-refractivity contribution in [3.63, 3.8) is 0 Å². The second kappa shape index (κ2) is 8.24. The van der Waals surface area contributed by atoms with Crippen LogP contribution in [0.5, 0.6) is 0 Å². The van der Waals surface area contributed by atoms with Crippen molar-refractivity contribution in [2.75, 3.05) is 15.7 Å². The Balaban J connectivity index is 2.01. The Bertz CT molecular complexity index is 1100. The van der Waals surface area contributed by atoms with E-state index in [1.165, 1.54) is 11.1 Å². The molecule has 2 aromatic carbocycles. The smallest absolute Gasteiger partial charge is 0.263 e. The zero-order valence-corrected chi connectivity index (χ0v) is 17.5. The molecule has 0 saturated heterocycles. The highest BCUT2D eigenvalue weighted by Gasteiger charge is 2.36. The molecule has 3 aromatic rings. The fraction of sp³-hybridized carbons (Fsp3) is 0.217. The summed E-state index contributed by atoms with van der Waals surface area (Å²) in [4.78, 5) is 38.8. The van der Waals surface area contributed by atoms with Gasteiger partial charge in [0.25, 0.3) is 5.91 Å². The molecule has 4 rings (SSSR count). The lowest BCUT2D eigenvalue weighted by Gasteiger charge is -2.29. The number of nitrogens with zero attached hydrogens (tertiary/aromatic N) is 4. The van der Waals surface area contributed by atoms with Crippen molar-refractivity contribution >= 4 is 40.6 Å². The number of hydrogen-bond acceptors (Lipinski definition) is 4. The number of amides is 2. The van der Waals surface area contributed by atoms with E-state index >= 15 is 0 Å². The number of alkyl halides is 1. The molecule has 0 aliphatic carbocycles. The number of carbonyl (C=O) groups excluding carboxylic acids is 2. The second-order valence-electron chi connectivity index (χ2n) is 7.08. The maximum absolute atomic E-state index is 13.6. The first kappa shape index (κ1) is 20.0. The Labute approximate surface area is 180 Å². The lowest BCUT2D eigenvalue weighted by molar-refractivity contribution is -0.115. The number of fused-ring (bicyclic) bond motifs is 2. The van der Waals surface area contributed by atoms with Crippen LogP contribution in [-0.4, -0.2) is 33.7 Å². The molecule has 6 nitrogen and oxygen atoms in total. The molecule has 30 heavy (non-hydrogen) atoms. The summed E-state index contributed by atoms with van der Waals surface area (Å²) in [6.07, 6.45) is 2.25. The molecule has 0 N–H and O–H groups in total. The summed E-state index contributed by atoms with van der Waals surface area (Å²) < 4.78 is 0. The Morgan fingerprint density at radius 2 is 1.73 bits per heavy atom. The summed E-state index contributed by atoms with van der Waals surface area (Å²) in [5.41, 5.74) is 2.29. The molecule has 1 atom stereocenters. The minimum absolute atomic E-state index is 0.0775. The lowest BCUT2D eigenvalue weighted by Crippen LogP contribution is -2.38. The van der Waals surface area contributed by atoms with E-state index in [1.54, 1.807) is 4.90 Å². The molecule has 0 spiro atoms. The summed E-state index contributed by atoms with van der Waals surface area (Å²) in [6, 6.07) is 16.7. The molecule has 2 heterocycles. The van der Waals surface area contributed by atoms with Crippen LogP contribution in [0.3, 0.4) is 0 Å². The van der Waals surface area contributed by atoms with E-state index in [0.717, 1.165) is 12.0 Å². The first-order valence-corrected chi connectivity index (χ1v) is 10.3. The third-order valence-corrected chi connectivity index (χ3v) is 5.47. The Kier molecular flexibility index (Phi) is 5.50. The highest BCUT2D eigenvalue weighted by atomic mass is 35.5. The van der Waals surface area contributed by atoms with Gasteiger partial charge in [0.15, 0.2) is 11.6 Å². The number of aromatic nitrogens is 2. The van der Waals surface area contributed by atoms with Gasteiger partial charge in [0.1, 0.15) is 11.4 Å². The third kappa shape index (κ3) is 3.33. The number of carbonyl (C=O) groups is 2. The molecule has 1 aliphatic rings. The van der Waals surface area contributed by atoms with E-state index in [4.69, 9.17) is 11.6 Å². The summed E-state index contributed by atoms with van der Waals surface area (Å²) in [6.45, 7) is 4.00. The average Bonchev–Trinajstić information content (AvgIpc) is 2.90. The Hall–Kier alpha value is -3.25. The minimum atomic E-state index is -0.359. The van der Waals surface area contributed by atoms with Crippen molar-refractivity contribution in [1.29, 1.82) is 0 Å². The van der Waals surface area contributed by atoms with Gasteiger partial charge in [-0.25, -0.2) is 9.97 Å². The van der Waals surface area contributed by atoms with Gasteiger partial charge >= 0.3 is 0 Å². The van der Waals surface area contributed by atoms with Crippen molar-refractivity contribution < 1.29 is 9.59 Å². The molecule has 2 amide bonds. The standard InChI is InChI=1S/C23H21ClN4O2/c1-3-15(2)27-18-11-7-8-12-19(18)28(20(29)13-24)22-17(23(27)30)14-25-21(26-22)16-9-5-4-6-10-16/h4-12,14-15H,3,13H2,1-2H3. The van der Waals surface area contributed by atoms with Crippen molar-refractivity contribution in [1.82, 2.24) is 9.97 Å². The molecule has 1 unspecified atom stereocenters. The Morgan fingerprint density at radius 3 is 2.40 bits per heavy atom. The van der Waals surface area contributed by atoms with E-state index in [9.17, 15) is 9.59 Å². The van der Waals surface area contributed by atoms with E-state index in [1.807, 2.05) is 68.4 Å². The van der Waals surface area contributed by atoms with Crippen LogP contribution in [0.4, 0.5) is 17.2 Å². The van der Waals surface area contributed by atoms with Crippen LogP contribution in [0, 0.1) is 0 Å². The fourth-order valence-electron chi connectivity index (χ4n) is 3.56. The zero-order valence-electron chi connectivity index (χ0n) is 16.7. The van der Waals surface area contributed by atoms with Crippen molar-refractivity contribution in [3.8, 4) is 11.4 Å². The van der Waals surface area contributed by atoms with E-state index in [0.29, 0.717) is 17.2 Å². The van der Waals surface area contributed by atoms with Crippen LogP contribution in [0.25, 0.3) is 11.4 Å². The molecule has 1 aliphatic heterocycles. The number of halogens is 1. The predicted octanol–water partition coefficient (Wildman–Crippen LogP) is 4.81. The molecular weight excluding hydrogens is 400 g/mol. The van der Waals surface area contributed by atoms with E-state index < -0.39 is 0 Å². The maximum atomic E-state index is 13.6. The van der Waals surface area contributed by atoms with Gasteiger partial charge in [-0.3, -0.25) is 14.5 Å². The molecule has 0 radical (unpaired) electrons. The third-order valence-electron chi connectivity index (χ3n) is 5.24. The quantitative estimate of drug-likeness (QED) is 0.568. The maximum Gasteiger partial charge on any atom is 0.263 e. The van der Waals surface area contributed by atoms with Crippen molar-refractivity contribution in [3.05, 3.63) is 66.4 Å². The number of anilines is 3. The minimum Gasteiger partial charge on any atom is -0.303 e. The second-order valence-corrected chi connectivity index (χ2v) is 7.35. The first-order valence-electron chi connectivity index (χ1n) is 9.80. The molecule has 7 heteroatoms.